The lowest BCUT2D eigenvalue weighted by atomic mass is 10.1. The minimum atomic E-state index is -4.18. The average Bonchev–Trinajstić information content (AvgIpc) is 2.96. The fourth-order valence-electron chi connectivity index (χ4n) is 4.41. The predicted molar refractivity (Wildman–Crippen MR) is 166 cm³/mol. The van der Waals surface area contributed by atoms with Gasteiger partial charge in [0.1, 0.15) is 12.6 Å². The molecule has 2 amide bonds. The van der Waals surface area contributed by atoms with Crippen LogP contribution in [0.5, 0.6) is 0 Å². The van der Waals surface area contributed by atoms with Gasteiger partial charge in [-0.1, -0.05) is 91.5 Å². The van der Waals surface area contributed by atoms with Crippen molar-refractivity contribution in [2.24, 2.45) is 0 Å². The normalized spacial score (nSPS) is 12.0. The maximum absolute atomic E-state index is 14.0. The third-order valence-electron chi connectivity index (χ3n) is 6.78. The molecule has 0 bridgehead atoms. The average molecular weight is 619 g/mol. The Hall–Kier alpha value is -3.07. The minimum Gasteiger partial charge on any atom is -0.354 e. The highest BCUT2D eigenvalue weighted by molar-refractivity contribution is 7.92. The monoisotopic (exact) mass is 617 g/mol. The Labute approximate surface area is 253 Å². The van der Waals surface area contributed by atoms with E-state index in [0.717, 1.165) is 28.3 Å². The van der Waals surface area contributed by atoms with Crippen LogP contribution in [0.15, 0.2) is 77.7 Å². The number of carbonyl (C=O) groups is 2. The molecule has 0 aliphatic rings. The van der Waals surface area contributed by atoms with Crippen LogP contribution in [0.3, 0.4) is 0 Å². The SMILES string of the molecule is CCCCNC(=O)[C@H](CC)N(CCc1ccccc1)C(=O)CN(c1ccc(Cl)c(Cl)c1)S(=O)(=O)c1ccc(C)cc1. The maximum atomic E-state index is 14.0. The number of amides is 2. The number of hydrogen-bond acceptors (Lipinski definition) is 4. The molecule has 0 saturated carbocycles. The molecule has 41 heavy (non-hydrogen) atoms. The number of anilines is 1. The first-order valence-corrected chi connectivity index (χ1v) is 15.9. The van der Waals surface area contributed by atoms with Gasteiger partial charge in [-0.3, -0.25) is 13.9 Å². The van der Waals surface area contributed by atoms with Gasteiger partial charge in [-0.2, -0.15) is 0 Å². The fraction of sp³-hybridized carbons (Fsp3) is 0.355. The molecule has 0 saturated heterocycles. The van der Waals surface area contributed by atoms with E-state index in [1.54, 1.807) is 12.1 Å². The summed E-state index contributed by atoms with van der Waals surface area (Å²) >= 11 is 12.4. The number of nitrogens with zero attached hydrogens (tertiary/aromatic N) is 2. The van der Waals surface area contributed by atoms with E-state index in [2.05, 4.69) is 5.32 Å². The summed E-state index contributed by atoms with van der Waals surface area (Å²) in [5.74, 6) is -0.759. The van der Waals surface area contributed by atoms with Crippen molar-refractivity contribution in [2.75, 3.05) is 23.9 Å². The van der Waals surface area contributed by atoms with Crippen LogP contribution >= 0.6 is 23.2 Å². The highest BCUT2D eigenvalue weighted by atomic mass is 35.5. The van der Waals surface area contributed by atoms with Crippen molar-refractivity contribution in [2.45, 2.75) is 57.4 Å². The standard InChI is InChI=1S/C31H37Cl2N3O4S/c1-4-6-19-34-31(38)29(5-2)35(20-18-24-10-8-7-9-11-24)30(37)22-36(25-14-17-27(32)28(33)21-25)41(39,40)26-15-12-23(3)13-16-26/h7-17,21,29H,4-6,18-20,22H2,1-3H3,(H,34,38)/t29-/m0/s1. The number of carbonyl (C=O) groups excluding carboxylic acids is 2. The second kappa shape index (κ2) is 15.2. The largest absolute Gasteiger partial charge is 0.354 e. The topological polar surface area (TPSA) is 86.8 Å². The number of benzene rings is 3. The zero-order chi connectivity index (χ0) is 30.0. The van der Waals surface area contributed by atoms with E-state index >= 15 is 0 Å². The highest BCUT2D eigenvalue weighted by Gasteiger charge is 2.33. The van der Waals surface area contributed by atoms with Gasteiger partial charge < -0.3 is 10.2 Å². The van der Waals surface area contributed by atoms with Crippen LogP contribution in [0.1, 0.15) is 44.2 Å². The Morgan fingerprint density at radius 3 is 2.22 bits per heavy atom. The van der Waals surface area contributed by atoms with Gasteiger partial charge in [-0.25, -0.2) is 8.42 Å². The molecule has 0 spiro atoms. The molecule has 0 unspecified atom stereocenters. The second-order valence-corrected chi connectivity index (χ2v) is 12.5. The van der Waals surface area contributed by atoms with Gasteiger partial charge >= 0.3 is 0 Å². The molecule has 3 aromatic rings. The molecular weight excluding hydrogens is 581 g/mol. The van der Waals surface area contributed by atoms with Crippen molar-refractivity contribution in [1.82, 2.24) is 10.2 Å². The molecule has 0 heterocycles. The molecule has 1 atom stereocenters. The van der Waals surface area contributed by atoms with E-state index in [-0.39, 0.29) is 33.1 Å². The van der Waals surface area contributed by atoms with Crippen LogP contribution in [0.4, 0.5) is 5.69 Å². The zero-order valence-electron chi connectivity index (χ0n) is 23.6. The van der Waals surface area contributed by atoms with Crippen LogP contribution in [-0.4, -0.2) is 50.8 Å². The highest BCUT2D eigenvalue weighted by Crippen LogP contribution is 2.31. The molecule has 0 aromatic heterocycles. The Kier molecular flexibility index (Phi) is 12.1. The lowest BCUT2D eigenvalue weighted by molar-refractivity contribution is -0.139. The van der Waals surface area contributed by atoms with Crippen molar-refractivity contribution in [3.8, 4) is 0 Å². The summed E-state index contributed by atoms with van der Waals surface area (Å²) in [5, 5.41) is 3.35. The van der Waals surface area contributed by atoms with E-state index in [0.29, 0.717) is 19.4 Å². The van der Waals surface area contributed by atoms with E-state index in [4.69, 9.17) is 23.2 Å². The molecule has 0 aliphatic heterocycles. The zero-order valence-corrected chi connectivity index (χ0v) is 26.0. The van der Waals surface area contributed by atoms with Crippen molar-refractivity contribution in [3.63, 3.8) is 0 Å². The number of halogens is 2. The number of sulfonamides is 1. The minimum absolute atomic E-state index is 0.0298. The first-order valence-electron chi connectivity index (χ1n) is 13.7. The summed E-state index contributed by atoms with van der Waals surface area (Å²) in [7, 11) is -4.18. The summed E-state index contributed by atoms with van der Waals surface area (Å²) in [4.78, 5) is 28.8. The van der Waals surface area contributed by atoms with Crippen LogP contribution in [0, 0.1) is 6.92 Å². The first-order chi connectivity index (χ1) is 19.6. The van der Waals surface area contributed by atoms with E-state index in [1.807, 2.05) is 51.1 Å². The molecule has 220 valence electrons. The van der Waals surface area contributed by atoms with Crippen LogP contribution in [0.25, 0.3) is 0 Å². The summed E-state index contributed by atoms with van der Waals surface area (Å²) in [6.07, 6.45) is 2.61. The Balaban J connectivity index is 2.01. The van der Waals surface area contributed by atoms with Gasteiger partial charge in [-0.15, -0.1) is 0 Å². The predicted octanol–water partition coefficient (Wildman–Crippen LogP) is 6.26. The summed E-state index contributed by atoms with van der Waals surface area (Å²) in [6.45, 7) is 5.95. The van der Waals surface area contributed by atoms with Crippen molar-refractivity contribution in [1.29, 1.82) is 0 Å². The third kappa shape index (κ3) is 8.71. The Morgan fingerprint density at radius 1 is 0.927 bits per heavy atom. The first kappa shape index (κ1) is 32.4. The number of nitrogens with one attached hydrogen (secondary N) is 1. The molecule has 7 nitrogen and oxygen atoms in total. The summed E-state index contributed by atoms with van der Waals surface area (Å²) in [5.41, 5.74) is 2.09. The van der Waals surface area contributed by atoms with E-state index in [9.17, 15) is 18.0 Å². The molecule has 3 rings (SSSR count). The fourth-order valence-corrected chi connectivity index (χ4v) is 6.11. The van der Waals surface area contributed by atoms with E-state index in [1.165, 1.54) is 35.2 Å². The van der Waals surface area contributed by atoms with Crippen molar-refractivity contribution < 1.29 is 18.0 Å². The number of hydrogen-bond donors (Lipinski definition) is 1. The molecule has 0 aliphatic carbocycles. The van der Waals surface area contributed by atoms with Gasteiger partial charge in [0.15, 0.2) is 0 Å². The Bertz CT molecular complexity index is 1420. The summed E-state index contributed by atoms with van der Waals surface area (Å²) in [6, 6.07) is 19.7. The second-order valence-electron chi connectivity index (χ2n) is 9.81. The lowest BCUT2D eigenvalue weighted by Crippen LogP contribution is -2.53. The number of aryl methyl sites for hydroxylation is 1. The maximum Gasteiger partial charge on any atom is 0.264 e. The molecule has 10 heteroatoms. The lowest BCUT2D eigenvalue weighted by Gasteiger charge is -2.33. The van der Waals surface area contributed by atoms with Gasteiger partial charge in [0.2, 0.25) is 11.8 Å². The van der Waals surface area contributed by atoms with Crippen LogP contribution in [0.2, 0.25) is 10.0 Å². The van der Waals surface area contributed by atoms with Crippen LogP contribution in [-0.2, 0) is 26.0 Å². The molecule has 0 fully saturated rings. The van der Waals surface area contributed by atoms with Gasteiger partial charge in [0.05, 0.1) is 20.6 Å². The number of rotatable bonds is 14. The van der Waals surface area contributed by atoms with Crippen LogP contribution < -0.4 is 9.62 Å². The van der Waals surface area contributed by atoms with Crippen molar-refractivity contribution >= 4 is 50.7 Å². The molecule has 1 N–H and O–H groups in total. The Morgan fingerprint density at radius 2 is 1.61 bits per heavy atom. The quantitative estimate of drug-likeness (QED) is 0.216. The van der Waals surface area contributed by atoms with Crippen molar-refractivity contribution in [3.05, 3.63) is 94.0 Å². The molecule has 0 radical (unpaired) electrons. The number of unbranched alkanes of at least 4 members (excludes halogenated alkanes) is 1. The van der Waals surface area contributed by atoms with Gasteiger partial charge in [0, 0.05) is 13.1 Å². The third-order valence-corrected chi connectivity index (χ3v) is 9.31. The van der Waals surface area contributed by atoms with Gasteiger partial charge in [0.25, 0.3) is 10.0 Å². The van der Waals surface area contributed by atoms with E-state index < -0.39 is 28.5 Å². The smallest absolute Gasteiger partial charge is 0.264 e. The van der Waals surface area contributed by atoms with Gasteiger partial charge in [-0.05, 0) is 62.1 Å². The molecular formula is C31H37Cl2N3O4S. The molecule has 3 aromatic carbocycles. The summed E-state index contributed by atoms with van der Waals surface area (Å²) < 4.78 is 28.9.